The molecule has 0 amide bonds. The van der Waals surface area contributed by atoms with Crippen LogP contribution in [0, 0.1) is 5.92 Å². The van der Waals surface area contributed by atoms with Gasteiger partial charge in [-0.3, -0.25) is 14.4 Å². The smallest absolute Gasteiger partial charge is 0.452 e. The van der Waals surface area contributed by atoms with Crippen molar-refractivity contribution < 1.29 is 37.1 Å². The Labute approximate surface area is 234 Å². The first-order chi connectivity index (χ1) is 19.0. The fourth-order valence-corrected chi connectivity index (χ4v) is 5.28. The van der Waals surface area contributed by atoms with Crippen LogP contribution < -0.4 is 0 Å². The molecule has 212 valence electrons. The molecular weight excluding hydrogens is 547 g/mol. The topological polar surface area (TPSA) is 97.5 Å². The second kappa shape index (κ2) is 12.8. The summed E-state index contributed by atoms with van der Waals surface area (Å²) in [5.74, 6) is -2.90. The van der Waals surface area contributed by atoms with Gasteiger partial charge in [-0.1, -0.05) is 35.9 Å². The first-order valence-corrected chi connectivity index (χ1v) is 13.6. The monoisotopic (exact) mass is 575 g/mol. The minimum Gasteiger partial charge on any atom is -0.481 e. The van der Waals surface area contributed by atoms with Gasteiger partial charge < -0.3 is 9.52 Å². The molecule has 0 radical (unpaired) electrons. The van der Waals surface area contributed by atoms with Gasteiger partial charge >= 0.3 is 12.1 Å². The number of benzene rings is 2. The Bertz CT molecular complexity index is 1340. The van der Waals surface area contributed by atoms with Gasteiger partial charge in [-0.05, 0) is 79.3 Å². The van der Waals surface area contributed by atoms with Crippen molar-refractivity contribution in [2.24, 2.45) is 5.92 Å². The number of carboxylic acid groups (broad SMARTS) is 1. The number of Topliss-reactive ketones (excluding diaryl/α,β-unsaturated/α-hetero) is 2. The molecule has 1 heterocycles. The predicted molar refractivity (Wildman–Crippen MR) is 142 cm³/mol. The van der Waals surface area contributed by atoms with Crippen LogP contribution in [0.4, 0.5) is 13.2 Å². The van der Waals surface area contributed by atoms with E-state index in [9.17, 15) is 27.6 Å². The zero-order chi connectivity index (χ0) is 28.9. The number of hydrogen-bond donors (Lipinski definition) is 1. The van der Waals surface area contributed by atoms with Crippen molar-refractivity contribution in [3.63, 3.8) is 0 Å². The molecule has 1 aliphatic carbocycles. The fourth-order valence-electron chi connectivity index (χ4n) is 5.15. The fraction of sp³-hybridized carbons (Fsp3) is 0.400. The van der Waals surface area contributed by atoms with Crippen LogP contribution in [0.1, 0.15) is 84.7 Å². The van der Waals surface area contributed by atoms with Gasteiger partial charge in [0.2, 0.25) is 11.7 Å². The summed E-state index contributed by atoms with van der Waals surface area (Å²) in [5, 5.41) is 9.37. The van der Waals surface area contributed by atoms with E-state index in [1.165, 1.54) is 29.8 Å². The number of aliphatic carboxylic acids is 1. The van der Waals surface area contributed by atoms with Crippen molar-refractivity contribution in [2.45, 2.75) is 69.9 Å². The number of carboxylic acids is 1. The lowest BCUT2D eigenvalue weighted by atomic mass is 9.77. The molecule has 0 atom stereocenters. The number of rotatable bonds is 11. The SMILES string of the molecule is O=C(O)CC1CCC(c2ccc(CC(=O)CCCC(=O)c3nc(-c4ccc(Cl)cc4)oc3C(F)(F)F)cc2)CC1. The summed E-state index contributed by atoms with van der Waals surface area (Å²) in [5.41, 5.74) is 1.45. The van der Waals surface area contributed by atoms with Gasteiger partial charge in [0.15, 0.2) is 11.5 Å². The van der Waals surface area contributed by atoms with Crippen LogP contribution in [0.25, 0.3) is 11.5 Å². The highest BCUT2D eigenvalue weighted by molar-refractivity contribution is 6.30. The number of oxazole rings is 1. The minimum atomic E-state index is -4.90. The largest absolute Gasteiger partial charge is 0.481 e. The van der Waals surface area contributed by atoms with Gasteiger partial charge in [0.1, 0.15) is 5.78 Å². The molecule has 1 fully saturated rings. The molecule has 2 aromatic carbocycles. The van der Waals surface area contributed by atoms with E-state index >= 15 is 0 Å². The Balaban J connectivity index is 1.28. The van der Waals surface area contributed by atoms with Crippen molar-refractivity contribution in [2.75, 3.05) is 0 Å². The molecular formula is C30H29ClF3NO5. The molecule has 40 heavy (non-hydrogen) atoms. The molecule has 0 aliphatic heterocycles. The Kier molecular flexibility index (Phi) is 9.45. The second-order valence-electron chi connectivity index (χ2n) is 10.3. The summed E-state index contributed by atoms with van der Waals surface area (Å²) in [6.45, 7) is 0. The van der Waals surface area contributed by atoms with Crippen LogP contribution >= 0.6 is 11.6 Å². The van der Waals surface area contributed by atoms with Gasteiger partial charge in [0.25, 0.3) is 0 Å². The lowest BCUT2D eigenvalue weighted by molar-refractivity contribution is -0.153. The summed E-state index contributed by atoms with van der Waals surface area (Å²) in [6.07, 6.45) is -1.01. The van der Waals surface area contributed by atoms with Crippen LogP contribution in [-0.4, -0.2) is 27.6 Å². The van der Waals surface area contributed by atoms with Crippen LogP contribution in [0.3, 0.4) is 0 Å². The van der Waals surface area contributed by atoms with Gasteiger partial charge in [0.05, 0.1) is 0 Å². The molecule has 1 N–H and O–H groups in total. The number of ketones is 2. The molecule has 1 aliphatic rings. The average molecular weight is 576 g/mol. The standard InChI is InChI=1S/C30H29ClF3NO5/c31-23-14-12-22(13-15-23)29-35-27(28(40-29)30(32,33)34)25(37)3-1-2-24(36)16-18-4-8-20(9-5-18)21-10-6-19(7-11-21)17-26(38)39/h4-5,8-9,12-15,19,21H,1-3,6-7,10-11,16-17H2,(H,38,39). The number of hydrogen-bond acceptors (Lipinski definition) is 5. The van der Waals surface area contributed by atoms with Crippen LogP contribution in [0.2, 0.25) is 5.02 Å². The molecule has 6 nitrogen and oxygen atoms in total. The molecule has 0 unspecified atom stereocenters. The van der Waals surface area contributed by atoms with Gasteiger partial charge in [-0.2, -0.15) is 13.2 Å². The van der Waals surface area contributed by atoms with E-state index in [1.54, 1.807) is 0 Å². The molecule has 0 spiro atoms. The summed E-state index contributed by atoms with van der Waals surface area (Å²) in [6, 6.07) is 13.6. The average Bonchev–Trinajstić information content (AvgIpc) is 3.36. The molecule has 10 heteroatoms. The Morgan fingerprint density at radius 1 is 0.950 bits per heavy atom. The van der Waals surface area contributed by atoms with E-state index in [0.717, 1.165) is 31.2 Å². The van der Waals surface area contributed by atoms with E-state index in [4.69, 9.17) is 21.1 Å². The number of carbonyl (C=O) groups excluding carboxylic acids is 2. The van der Waals surface area contributed by atoms with Crippen LogP contribution in [0.15, 0.2) is 52.9 Å². The van der Waals surface area contributed by atoms with E-state index in [1.807, 2.05) is 24.3 Å². The van der Waals surface area contributed by atoms with E-state index in [2.05, 4.69) is 4.98 Å². The zero-order valence-corrected chi connectivity index (χ0v) is 22.4. The highest BCUT2D eigenvalue weighted by Crippen LogP contribution is 2.38. The van der Waals surface area contributed by atoms with E-state index in [-0.39, 0.29) is 55.3 Å². The normalized spacial score (nSPS) is 17.5. The number of halogens is 4. The molecule has 4 rings (SSSR count). The summed E-state index contributed by atoms with van der Waals surface area (Å²) < 4.78 is 45.5. The van der Waals surface area contributed by atoms with Crippen molar-refractivity contribution in [1.82, 2.24) is 4.98 Å². The molecule has 0 bridgehead atoms. The molecule has 1 aromatic heterocycles. The molecule has 1 saturated carbocycles. The third-order valence-corrected chi connectivity index (χ3v) is 7.51. The number of aromatic nitrogens is 1. The van der Waals surface area contributed by atoms with E-state index < -0.39 is 29.4 Å². The maximum atomic E-state index is 13.5. The Morgan fingerprint density at radius 2 is 1.60 bits per heavy atom. The van der Waals surface area contributed by atoms with Crippen molar-refractivity contribution in [3.8, 4) is 11.5 Å². The first-order valence-electron chi connectivity index (χ1n) is 13.2. The second-order valence-corrected chi connectivity index (χ2v) is 10.7. The quantitative estimate of drug-likeness (QED) is 0.233. The van der Waals surface area contributed by atoms with Crippen molar-refractivity contribution >= 4 is 29.1 Å². The minimum absolute atomic E-state index is 0.0460. The maximum absolute atomic E-state index is 13.5. The van der Waals surface area contributed by atoms with Crippen molar-refractivity contribution in [1.29, 1.82) is 0 Å². The molecule has 0 saturated heterocycles. The van der Waals surface area contributed by atoms with Crippen molar-refractivity contribution in [3.05, 3.63) is 76.1 Å². The number of alkyl halides is 3. The Hall–Kier alpha value is -3.46. The van der Waals surface area contributed by atoms with Gasteiger partial charge in [0, 0.05) is 36.3 Å². The Morgan fingerprint density at radius 3 is 2.20 bits per heavy atom. The highest BCUT2D eigenvalue weighted by atomic mass is 35.5. The predicted octanol–water partition coefficient (Wildman–Crippen LogP) is 7.93. The lowest BCUT2D eigenvalue weighted by Crippen LogP contribution is -2.16. The van der Waals surface area contributed by atoms with Gasteiger partial charge in [-0.25, -0.2) is 4.98 Å². The summed E-state index contributed by atoms with van der Waals surface area (Å²) >= 11 is 5.82. The third kappa shape index (κ3) is 7.81. The molecule has 3 aromatic rings. The van der Waals surface area contributed by atoms with Crippen LogP contribution in [0.5, 0.6) is 0 Å². The highest BCUT2D eigenvalue weighted by Gasteiger charge is 2.41. The maximum Gasteiger partial charge on any atom is 0.452 e. The summed E-state index contributed by atoms with van der Waals surface area (Å²) in [7, 11) is 0. The number of nitrogens with zero attached hydrogens (tertiary/aromatic N) is 1. The lowest BCUT2D eigenvalue weighted by Gasteiger charge is -2.28. The number of carbonyl (C=O) groups is 3. The van der Waals surface area contributed by atoms with Gasteiger partial charge in [-0.15, -0.1) is 0 Å². The third-order valence-electron chi connectivity index (χ3n) is 7.26. The van der Waals surface area contributed by atoms with Crippen LogP contribution in [-0.2, 0) is 22.2 Å². The van der Waals surface area contributed by atoms with E-state index in [0.29, 0.717) is 10.9 Å². The summed E-state index contributed by atoms with van der Waals surface area (Å²) in [4.78, 5) is 39.9. The zero-order valence-electron chi connectivity index (χ0n) is 21.7. The first kappa shape index (κ1) is 29.5.